The van der Waals surface area contributed by atoms with Gasteiger partial charge in [0.2, 0.25) is 0 Å². The topological polar surface area (TPSA) is 44.8 Å². The van der Waals surface area contributed by atoms with Gasteiger partial charge in [-0.1, -0.05) is 11.8 Å². The minimum absolute atomic E-state index is 0.338. The van der Waals surface area contributed by atoms with Crippen molar-refractivity contribution in [2.45, 2.75) is 16.7 Å². The van der Waals surface area contributed by atoms with Crippen LogP contribution in [0.3, 0.4) is 0 Å². The first-order valence-corrected chi connectivity index (χ1v) is 7.66. The lowest BCUT2D eigenvalue weighted by Crippen LogP contribution is -2.06. The highest BCUT2D eigenvalue weighted by Crippen LogP contribution is 2.33. The quantitative estimate of drug-likeness (QED) is 0.752. The molecule has 2 rings (SSSR count). The summed E-state index contributed by atoms with van der Waals surface area (Å²) < 4.78 is 15.4. The minimum Gasteiger partial charge on any atom is -0.497 e. The van der Waals surface area contributed by atoms with Crippen LogP contribution in [0.25, 0.3) is 0 Å². The molecule has 0 saturated carbocycles. The lowest BCUT2D eigenvalue weighted by Gasteiger charge is -2.10. The summed E-state index contributed by atoms with van der Waals surface area (Å²) in [5.74, 6) is 0.955. The van der Waals surface area contributed by atoms with Crippen molar-refractivity contribution in [2.24, 2.45) is 0 Å². The van der Waals surface area contributed by atoms with Gasteiger partial charge in [0.15, 0.2) is 0 Å². The van der Waals surface area contributed by atoms with E-state index in [1.807, 2.05) is 36.4 Å². The summed E-state index contributed by atoms with van der Waals surface area (Å²) in [5, 5.41) is 0. The van der Waals surface area contributed by atoms with E-state index in [2.05, 4.69) is 0 Å². The first kappa shape index (κ1) is 16.2. The van der Waals surface area contributed by atoms with Crippen molar-refractivity contribution < 1.29 is 19.0 Å². The fourth-order valence-electron chi connectivity index (χ4n) is 1.89. The van der Waals surface area contributed by atoms with Gasteiger partial charge in [-0.3, -0.25) is 0 Å². The molecule has 2 aromatic carbocycles. The Morgan fingerprint density at radius 1 is 1.00 bits per heavy atom. The van der Waals surface area contributed by atoms with Gasteiger partial charge in [-0.05, 0) is 49.4 Å². The molecule has 0 spiro atoms. The molecular formula is C17H18O4S. The summed E-state index contributed by atoms with van der Waals surface area (Å²) in [6.07, 6.45) is 0. The largest absolute Gasteiger partial charge is 0.497 e. The van der Waals surface area contributed by atoms with Crippen molar-refractivity contribution in [3.63, 3.8) is 0 Å². The van der Waals surface area contributed by atoms with Crippen LogP contribution in [0.4, 0.5) is 0 Å². The molecule has 2 aromatic rings. The third-order valence-corrected chi connectivity index (χ3v) is 3.96. The average molecular weight is 318 g/mol. The van der Waals surface area contributed by atoms with Gasteiger partial charge in [-0.15, -0.1) is 0 Å². The van der Waals surface area contributed by atoms with Gasteiger partial charge in [0.25, 0.3) is 0 Å². The molecule has 0 fully saturated rings. The zero-order valence-corrected chi connectivity index (χ0v) is 13.6. The second-order valence-electron chi connectivity index (χ2n) is 4.36. The van der Waals surface area contributed by atoms with Crippen molar-refractivity contribution in [1.82, 2.24) is 0 Å². The normalized spacial score (nSPS) is 10.1. The molecule has 0 aliphatic rings. The Morgan fingerprint density at radius 2 is 1.68 bits per heavy atom. The summed E-state index contributed by atoms with van der Waals surface area (Å²) >= 11 is 1.58. The Morgan fingerprint density at radius 3 is 2.27 bits per heavy atom. The van der Waals surface area contributed by atoms with E-state index < -0.39 is 0 Å². The number of ether oxygens (including phenoxy) is 3. The van der Waals surface area contributed by atoms with Gasteiger partial charge in [0, 0.05) is 9.79 Å². The number of hydrogen-bond donors (Lipinski definition) is 0. The third kappa shape index (κ3) is 3.95. The zero-order chi connectivity index (χ0) is 15.9. The first-order valence-electron chi connectivity index (χ1n) is 6.85. The van der Waals surface area contributed by atoms with Crippen molar-refractivity contribution in [3.05, 3.63) is 48.0 Å². The van der Waals surface area contributed by atoms with E-state index in [9.17, 15) is 4.79 Å². The molecule has 0 aliphatic carbocycles. The van der Waals surface area contributed by atoms with Crippen LogP contribution < -0.4 is 9.47 Å². The van der Waals surface area contributed by atoms with Crippen LogP contribution in [0.5, 0.6) is 11.5 Å². The van der Waals surface area contributed by atoms with Crippen molar-refractivity contribution in [1.29, 1.82) is 0 Å². The van der Waals surface area contributed by atoms with E-state index in [1.165, 1.54) is 0 Å². The summed E-state index contributed by atoms with van der Waals surface area (Å²) in [5.41, 5.74) is 0.434. The lowest BCUT2D eigenvalue weighted by atomic mass is 10.2. The van der Waals surface area contributed by atoms with E-state index in [4.69, 9.17) is 14.2 Å². The van der Waals surface area contributed by atoms with Crippen LogP contribution in [-0.2, 0) is 4.74 Å². The molecule has 5 heteroatoms. The van der Waals surface area contributed by atoms with Crippen molar-refractivity contribution in [2.75, 3.05) is 20.8 Å². The third-order valence-electron chi connectivity index (χ3n) is 2.96. The molecule has 0 atom stereocenters. The predicted molar refractivity (Wildman–Crippen MR) is 86.1 cm³/mol. The number of benzene rings is 2. The number of carbonyl (C=O) groups excluding carboxylic acids is 1. The van der Waals surface area contributed by atoms with E-state index >= 15 is 0 Å². The second kappa shape index (κ2) is 7.75. The van der Waals surface area contributed by atoms with Crippen LogP contribution >= 0.6 is 11.8 Å². The van der Waals surface area contributed by atoms with Crippen LogP contribution in [0, 0.1) is 0 Å². The van der Waals surface area contributed by atoms with Gasteiger partial charge in [0.1, 0.15) is 17.1 Å². The van der Waals surface area contributed by atoms with Gasteiger partial charge in [-0.2, -0.15) is 0 Å². The van der Waals surface area contributed by atoms with Crippen LogP contribution in [-0.4, -0.2) is 26.8 Å². The van der Waals surface area contributed by atoms with Crippen LogP contribution in [0.15, 0.2) is 52.3 Å². The highest BCUT2D eigenvalue weighted by atomic mass is 32.2. The van der Waals surface area contributed by atoms with E-state index in [1.54, 1.807) is 39.0 Å². The molecule has 0 heterocycles. The molecule has 4 nitrogen and oxygen atoms in total. The summed E-state index contributed by atoms with van der Waals surface area (Å²) in [4.78, 5) is 13.9. The fraction of sp³-hybridized carbons (Fsp3) is 0.235. The van der Waals surface area contributed by atoms with E-state index in [0.29, 0.717) is 17.9 Å². The molecule has 0 bridgehead atoms. The summed E-state index contributed by atoms with van der Waals surface area (Å²) in [6, 6.07) is 13.2. The number of methoxy groups -OCH3 is 2. The summed E-state index contributed by atoms with van der Waals surface area (Å²) in [6.45, 7) is 2.11. The molecule has 22 heavy (non-hydrogen) atoms. The second-order valence-corrected chi connectivity index (χ2v) is 5.51. The summed E-state index contributed by atoms with van der Waals surface area (Å²) in [7, 11) is 3.18. The molecule has 0 unspecified atom stereocenters. The van der Waals surface area contributed by atoms with Crippen LogP contribution in [0.2, 0.25) is 0 Å². The highest BCUT2D eigenvalue weighted by molar-refractivity contribution is 7.99. The predicted octanol–water partition coefficient (Wildman–Crippen LogP) is 4.03. The molecule has 0 saturated heterocycles. The molecule has 0 N–H and O–H groups in total. The fourth-order valence-corrected chi connectivity index (χ4v) is 2.74. The Bertz CT molecular complexity index is 638. The maximum atomic E-state index is 11.8. The van der Waals surface area contributed by atoms with E-state index in [0.717, 1.165) is 15.5 Å². The molecule has 116 valence electrons. The number of hydrogen-bond acceptors (Lipinski definition) is 5. The maximum Gasteiger partial charge on any atom is 0.341 e. The molecule has 0 amide bonds. The Labute approximate surface area is 134 Å². The zero-order valence-electron chi connectivity index (χ0n) is 12.8. The van der Waals surface area contributed by atoms with Crippen molar-refractivity contribution >= 4 is 17.7 Å². The number of rotatable bonds is 6. The average Bonchev–Trinajstić information content (AvgIpc) is 2.55. The number of esters is 1. The highest BCUT2D eigenvalue weighted by Gasteiger charge is 2.14. The Kier molecular flexibility index (Phi) is 5.72. The standard InChI is InChI=1S/C17H18O4S/c1-4-21-17(18)15-10-9-14(11-16(15)20-3)22-13-7-5-12(19-2)6-8-13/h5-11H,4H2,1-3H3. The Balaban J connectivity index is 2.19. The lowest BCUT2D eigenvalue weighted by molar-refractivity contribution is 0.0522. The maximum absolute atomic E-state index is 11.8. The molecule has 0 aromatic heterocycles. The SMILES string of the molecule is CCOC(=O)c1ccc(Sc2ccc(OC)cc2)cc1OC. The van der Waals surface area contributed by atoms with Gasteiger partial charge in [0.05, 0.1) is 20.8 Å². The van der Waals surface area contributed by atoms with Gasteiger partial charge >= 0.3 is 5.97 Å². The Hall–Kier alpha value is -2.14. The first-order chi connectivity index (χ1) is 10.7. The molecule has 0 aliphatic heterocycles. The molecule has 0 radical (unpaired) electrons. The number of carbonyl (C=O) groups is 1. The minimum atomic E-state index is -0.375. The molecular weight excluding hydrogens is 300 g/mol. The van der Waals surface area contributed by atoms with Gasteiger partial charge in [-0.25, -0.2) is 4.79 Å². The van der Waals surface area contributed by atoms with Gasteiger partial charge < -0.3 is 14.2 Å². The smallest absolute Gasteiger partial charge is 0.341 e. The van der Waals surface area contributed by atoms with Crippen molar-refractivity contribution in [3.8, 4) is 11.5 Å². The van der Waals surface area contributed by atoms with E-state index in [-0.39, 0.29) is 5.97 Å². The monoisotopic (exact) mass is 318 g/mol. The van der Waals surface area contributed by atoms with Crippen LogP contribution in [0.1, 0.15) is 17.3 Å².